The molecule has 2 N–H and O–H groups in total. The smallest absolute Gasteiger partial charge is 0.0308 e. The van der Waals surface area contributed by atoms with Crippen LogP contribution >= 0.6 is 22.6 Å². The van der Waals surface area contributed by atoms with Crippen molar-refractivity contribution in [3.8, 4) is 0 Å². The van der Waals surface area contributed by atoms with Crippen LogP contribution in [0.4, 0.5) is 0 Å². The van der Waals surface area contributed by atoms with Crippen LogP contribution in [0.15, 0.2) is 36.4 Å². The van der Waals surface area contributed by atoms with Crippen LogP contribution in [0.5, 0.6) is 0 Å². The van der Waals surface area contributed by atoms with Crippen molar-refractivity contribution >= 4 is 22.6 Å². The van der Waals surface area contributed by atoms with Crippen LogP contribution in [0.25, 0.3) is 0 Å². The normalized spacial score (nSPS) is 12.5. The molecule has 1 atom stereocenters. The van der Waals surface area contributed by atoms with Crippen molar-refractivity contribution in [2.45, 2.75) is 25.8 Å². The number of allylic oxidation sites excluding steroid dienone is 1. The van der Waals surface area contributed by atoms with Gasteiger partial charge in [-0.1, -0.05) is 23.8 Å². The summed E-state index contributed by atoms with van der Waals surface area (Å²) in [5.41, 5.74) is 8.54. The first-order valence-electron chi connectivity index (χ1n) is 4.75. The molecule has 0 saturated carbocycles. The van der Waals surface area contributed by atoms with Gasteiger partial charge >= 0.3 is 0 Å². The van der Waals surface area contributed by atoms with Crippen molar-refractivity contribution in [2.75, 3.05) is 0 Å². The van der Waals surface area contributed by atoms with Gasteiger partial charge in [-0.2, -0.15) is 0 Å². The van der Waals surface area contributed by atoms with Gasteiger partial charge in [0.15, 0.2) is 0 Å². The Hall–Kier alpha value is -0.350. The van der Waals surface area contributed by atoms with Gasteiger partial charge in [0.05, 0.1) is 0 Å². The first-order chi connectivity index (χ1) is 6.61. The van der Waals surface area contributed by atoms with Gasteiger partial charge in [-0.25, -0.2) is 0 Å². The Bertz CT molecular complexity index is 320. The molecule has 1 nitrogen and oxygen atoms in total. The molecule has 76 valence electrons. The van der Waals surface area contributed by atoms with Crippen LogP contribution in [-0.4, -0.2) is 0 Å². The molecule has 0 fully saturated rings. The van der Waals surface area contributed by atoms with Crippen molar-refractivity contribution < 1.29 is 0 Å². The number of halogens is 1. The van der Waals surface area contributed by atoms with Gasteiger partial charge < -0.3 is 5.73 Å². The molecule has 0 aliphatic heterocycles. The van der Waals surface area contributed by atoms with Crippen LogP contribution < -0.4 is 5.73 Å². The van der Waals surface area contributed by atoms with E-state index in [0.717, 1.165) is 12.8 Å². The Morgan fingerprint density at radius 3 is 2.71 bits per heavy atom. The molecule has 0 aliphatic carbocycles. The summed E-state index contributed by atoms with van der Waals surface area (Å²) >= 11 is 2.33. The minimum absolute atomic E-state index is 0.139. The van der Waals surface area contributed by atoms with E-state index in [0.29, 0.717) is 0 Å². The maximum atomic E-state index is 6.10. The van der Waals surface area contributed by atoms with Crippen molar-refractivity contribution in [2.24, 2.45) is 5.73 Å². The largest absolute Gasteiger partial charge is 0.324 e. The van der Waals surface area contributed by atoms with E-state index in [1.807, 2.05) is 19.1 Å². The van der Waals surface area contributed by atoms with Crippen LogP contribution in [0, 0.1) is 3.57 Å². The molecule has 14 heavy (non-hydrogen) atoms. The third-order valence-corrected chi connectivity index (χ3v) is 3.17. The highest BCUT2D eigenvalue weighted by Crippen LogP contribution is 2.22. The lowest BCUT2D eigenvalue weighted by molar-refractivity contribution is 0.646. The van der Waals surface area contributed by atoms with E-state index >= 15 is 0 Å². The molecule has 0 bridgehead atoms. The van der Waals surface area contributed by atoms with Gasteiger partial charge in [0.1, 0.15) is 0 Å². The fourth-order valence-corrected chi connectivity index (χ4v) is 2.12. The summed E-state index contributed by atoms with van der Waals surface area (Å²) in [5.74, 6) is 0. The number of hydrogen-bond acceptors (Lipinski definition) is 1. The van der Waals surface area contributed by atoms with E-state index in [1.54, 1.807) is 0 Å². The van der Waals surface area contributed by atoms with Crippen molar-refractivity contribution in [1.29, 1.82) is 0 Å². The Balaban J connectivity index is 2.65. The van der Waals surface area contributed by atoms with Crippen molar-refractivity contribution in [3.05, 3.63) is 45.6 Å². The van der Waals surface area contributed by atoms with Crippen molar-refractivity contribution in [3.63, 3.8) is 0 Å². The second kappa shape index (κ2) is 5.51. The van der Waals surface area contributed by atoms with E-state index in [4.69, 9.17) is 5.73 Å². The lowest BCUT2D eigenvalue weighted by atomic mass is 10.0. The van der Waals surface area contributed by atoms with Crippen LogP contribution in [-0.2, 0) is 0 Å². The number of hydrogen-bond donors (Lipinski definition) is 1. The van der Waals surface area contributed by atoms with E-state index in [9.17, 15) is 0 Å². The molecule has 0 aliphatic rings. The summed E-state index contributed by atoms with van der Waals surface area (Å²) < 4.78 is 1.25. The summed E-state index contributed by atoms with van der Waals surface area (Å²) in [6, 6.07) is 8.41. The summed E-state index contributed by atoms with van der Waals surface area (Å²) in [7, 11) is 0. The summed E-state index contributed by atoms with van der Waals surface area (Å²) in [6.45, 7) is 5.93. The molecular weight excluding hydrogens is 285 g/mol. The van der Waals surface area contributed by atoms with Crippen LogP contribution in [0.2, 0.25) is 0 Å². The first kappa shape index (κ1) is 11.7. The molecule has 1 rings (SSSR count). The van der Waals surface area contributed by atoms with Gasteiger partial charge in [-0.15, -0.1) is 6.58 Å². The zero-order chi connectivity index (χ0) is 10.6. The third-order valence-electron chi connectivity index (χ3n) is 2.19. The second-order valence-electron chi connectivity index (χ2n) is 3.62. The molecule has 0 heterocycles. The molecule has 1 aromatic carbocycles. The molecule has 0 saturated heterocycles. The monoisotopic (exact) mass is 301 g/mol. The first-order valence-corrected chi connectivity index (χ1v) is 5.83. The third kappa shape index (κ3) is 3.42. The Morgan fingerprint density at radius 1 is 1.50 bits per heavy atom. The molecule has 1 aromatic rings. The standard InChI is InChI=1S/C12H16IN/c1-9(2)7-8-12(14)10-5-3-4-6-11(10)13/h3-6,12H,1,7-8,14H2,2H3. The maximum Gasteiger partial charge on any atom is 0.0308 e. The molecule has 0 amide bonds. The molecule has 0 radical (unpaired) electrons. The minimum Gasteiger partial charge on any atom is -0.324 e. The number of rotatable bonds is 4. The average Bonchev–Trinajstić information content (AvgIpc) is 2.15. The molecule has 0 spiro atoms. The minimum atomic E-state index is 0.139. The SMILES string of the molecule is C=C(C)CCC(N)c1ccccc1I. The van der Waals surface area contributed by atoms with E-state index in [1.165, 1.54) is 14.7 Å². The molecule has 1 unspecified atom stereocenters. The lowest BCUT2D eigenvalue weighted by Crippen LogP contribution is -2.11. The fourth-order valence-electron chi connectivity index (χ4n) is 1.33. The number of benzene rings is 1. The highest BCUT2D eigenvalue weighted by molar-refractivity contribution is 14.1. The van der Waals surface area contributed by atoms with Gasteiger partial charge in [0.2, 0.25) is 0 Å². The van der Waals surface area contributed by atoms with E-state index < -0.39 is 0 Å². The second-order valence-corrected chi connectivity index (χ2v) is 4.79. The summed E-state index contributed by atoms with van der Waals surface area (Å²) in [6.07, 6.45) is 1.99. The molecule has 2 heteroatoms. The van der Waals surface area contributed by atoms with Gasteiger partial charge in [-0.3, -0.25) is 0 Å². The van der Waals surface area contributed by atoms with Gasteiger partial charge in [0, 0.05) is 9.61 Å². The Kier molecular flexibility index (Phi) is 4.62. The Morgan fingerprint density at radius 2 is 2.14 bits per heavy atom. The maximum absolute atomic E-state index is 6.10. The molecular formula is C12H16IN. The van der Waals surface area contributed by atoms with Crippen LogP contribution in [0.3, 0.4) is 0 Å². The number of nitrogens with two attached hydrogens (primary N) is 1. The van der Waals surface area contributed by atoms with E-state index in [2.05, 4.69) is 41.3 Å². The van der Waals surface area contributed by atoms with Crippen LogP contribution in [0.1, 0.15) is 31.4 Å². The predicted molar refractivity (Wildman–Crippen MR) is 70.1 cm³/mol. The lowest BCUT2D eigenvalue weighted by Gasteiger charge is -2.13. The van der Waals surface area contributed by atoms with Crippen molar-refractivity contribution in [1.82, 2.24) is 0 Å². The summed E-state index contributed by atoms with van der Waals surface area (Å²) in [5, 5.41) is 0. The van der Waals surface area contributed by atoms with Gasteiger partial charge in [-0.05, 0) is 54.0 Å². The topological polar surface area (TPSA) is 26.0 Å². The quantitative estimate of drug-likeness (QED) is 0.667. The predicted octanol–water partition coefficient (Wildman–Crippen LogP) is 3.65. The van der Waals surface area contributed by atoms with E-state index in [-0.39, 0.29) is 6.04 Å². The Labute approximate surface area is 99.5 Å². The van der Waals surface area contributed by atoms with Gasteiger partial charge in [0.25, 0.3) is 0 Å². The average molecular weight is 301 g/mol. The molecule has 0 aromatic heterocycles. The highest BCUT2D eigenvalue weighted by Gasteiger charge is 2.08. The summed E-state index contributed by atoms with van der Waals surface area (Å²) in [4.78, 5) is 0. The zero-order valence-corrected chi connectivity index (χ0v) is 10.6. The zero-order valence-electron chi connectivity index (χ0n) is 8.46. The highest BCUT2D eigenvalue weighted by atomic mass is 127. The fraction of sp³-hybridized carbons (Fsp3) is 0.333.